The van der Waals surface area contributed by atoms with Crippen LogP contribution in [0.1, 0.15) is 29.9 Å². The summed E-state index contributed by atoms with van der Waals surface area (Å²) in [6, 6.07) is 15.2. The van der Waals surface area contributed by atoms with Gasteiger partial charge in [0, 0.05) is 31.0 Å². The molecule has 4 rings (SSSR count). The van der Waals surface area contributed by atoms with Crippen LogP contribution in [-0.2, 0) is 17.6 Å². The fraction of sp³-hybridized carbons (Fsp3) is 0.318. The highest BCUT2D eigenvalue weighted by molar-refractivity contribution is 5.77. The van der Waals surface area contributed by atoms with Crippen LogP contribution in [0, 0.1) is 12.7 Å². The third-order valence-corrected chi connectivity index (χ3v) is 5.22. The molecule has 5 nitrogen and oxygen atoms in total. The molecule has 0 spiro atoms. The summed E-state index contributed by atoms with van der Waals surface area (Å²) < 4.78 is 18.7. The number of halogens is 1. The van der Waals surface area contributed by atoms with Gasteiger partial charge in [-0.2, -0.15) is 4.98 Å². The van der Waals surface area contributed by atoms with E-state index >= 15 is 0 Å². The van der Waals surface area contributed by atoms with Crippen molar-refractivity contribution in [3.8, 4) is 11.4 Å². The van der Waals surface area contributed by atoms with Crippen molar-refractivity contribution in [1.29, 1.82) is 0 Å². The minimum absolute atomic E-state index is 0.115. The number of likely N-dealkylation sites (tertiary alicyclic amines) is 1. The lowest BCUT2D eigenvalue weighted by Crippen LogP contribution is -2.52. The number of benzene rings is 2. The van der Waals surface area contributed by atoms with Crippen molar-refractivity contribution in [2.45, 2.75) is 38.6 Å². The maximum Gasteiger partial charge on any atom is 0.227 e. The topological polar surface area (TPSA) is 59.2 Å². The molecule has 1 unspecified atom stereocenters. The first-order valence-corrected chi connectivity index (χ1v) is 9.52. The molecule has 2 heterocycles. The lowest BCUT2D eigenvalue weighted by molar-refractivity contribution is -0.138. The van der Waals surface area contributed by atoms with Crippen LogP contribution in [0.15, 0.2) is 53.1 Å². The van der Waals surface area contributed by atoms with E-state index in [1.54, 1.807) is 19.1 Å². The molecule has 1 saturated heterocycles. The van der Waals surface area contributed by atoms with Crippen LogP contribution in [-0.4, -0.2) is 33.5 Å². The maximum absolute atomic E-state index is 13.4. The van der Waals surface area contributed by atoms with Crippen molar-refractivity contribution in [2.75, 3.05) is 6.54 Å². The van der Waals surface area contributed by atoms with Crippen LogP contribution in [0.2, 0.25) is 0 Å². The van der Waals surface area contributed by atoms with E-state index in [9.17, 15) is 9.18 Å². The van der Waals surface area contributed by atoms with Gasteiger partial charge in [0.1, 0.15) is 5.82 Å². The second kappa shape index (κ2) is 7.92. The molecule has 1 aliphatic heterocycles. The van der Waals surface area contributed by atoms with Gasteiger partial charge in [-0.05, 0) is 49.1 Å². The molecule has 1 amide bonds. The molecular weight excluding hydrogens is 357 g/mol. The van der Waals surface area contributed by atoms with Crippen LogP contribution in [0.5, 0.6) is 0 Å². The van der Waals surface area contributed by atoms with E-state index in [-0.39, 0.29) is 17.8 Å². The first-order valence-electron chi connectivity index (χ1n) is 9.52. The summed E-state index contributed by atoms with van der Waals surface area (Å²) in [5.74, 6) is 0.684. The zero-order chi connectivity index (χ0) is 19.5. The van der Waals surface area contributed by atoms with Gasteiger partial charge < -0.3 is 9.42 Å². The van der Waals surface area contributed by atoms with Gasteiger partial charge in [0.15, 0.2) is 0 Å². The lowest BCUT2D eigenvalue weighted by Gasteiger charge is -2.41. The van der Waals surface area contributed by atoms with Crippen molar-refractivity contribution in [3.63, 3.8) is 0 Å². The molecule has 3 aromatic rings. The maximum atomic E-state index is 13.4. The molecule has 144 valence electrons. The van der Waals surface area contributed by atoms with Gasteiger partial charge in [-0.25, -0.2) is 4.39 Å². The van der Waals surface area contributed by atoms with Crippen LogP contribution in [0.3, 0.4) is 0 Å². The molecular formula is C22H22FN3O2. The largest absolute Gasteiger partial charge is 0.339 e. The number of aryl methyl sites for hydroxylation is 2. The average Bonchev–Trinajstić information content (AvgIpc) is 3.16. The van der Waals surface area contributed by atoms with E-state index in [1.165, 1.54) is 11.6 Å². The third-order valence-electron chi connectivity index (χ3n) is 5.22. The smallest absolute Gasteiger partial charge is 0.227 e. The van der Waals surface area contributed by atoms with E-state index in [0.29, 0.717) is 35.7 Å². The predicted molar refractivity (Wildman–Crippen MR) is 103 cm³/mol. The number of hydrogen-bond donors (Lipinski definition) is 0. The van der Waals surface area contributed by atoms with Gasteiger partial charge in [0.2, 0.25) is 17.6 Å². The molecule has 0 bridgehead atoms. The fourth-order valence-corrected chi connectivity index (χ4v) is 3.48. The molecule has 6 heteroatoms. The van der Waals surface area contributed by atoms with Gasteiger partial charge in [-0.3, -0.25) is 4.79 Å². The minimum atomic E-state index is -0.266. The Labute approximate surface area is 163 Å². The molecule has 0 aliphatic carbocycles. The average molecular weight is 379 g/mol. The third kappa shape index (κ3) is 3.96. The molecule has 1 atom stereocenters. The molecule has 1 aliphatic rings. The number of rotatable bonds is 6. The van der Waals surface area contributed by atoms with Gasteiger partial charge in [-0.15, -0.1) is 0 Å². The predicted octanol–water partition coefficient (Wildman–Crippen LogP) is 3.96. The number of carbonyl (C=O) groups excluding carboxylic acids is 1. The molecule has 1 aromatic heterocycles. The van der Waals surface area contributed by atoms with Crippen LogP contribution >= 0.6 is 0 Å². The zero-order valence-corrected chi connectivity index (χ0v) is 15.8. The molecule has 0 saturated carbocycles. The monoisotopic (exact) mass is 379 g/mol. The Morgan fingerprint density at radius 1 is 1.25 bits per heavy atom. The Bertz CT molecular complexity index is 971. The Hall–Kier alpha value is -3.02. The van der Waals surface area contributed by atoms with E-state index in [0.717, 1.165) is 19.4 Å². The molecule has 0 N–H and O–H groups in total. The van der Waals surface area contributed by atoms with Crippen LogP contribution in [0.4, 0.5) is 4.39 Å². The number of aromatic nitrogens is 2. The van der Waals surface area contributed by atoms with Crippen LogP contribution < -0.4 is 0 Å². The van der Waals surface area contributed by atoms with E-state index < -0.39 is 0 Å². The SMILES string of the molecule is Cc1cc(-c2noc(CCC(=O)N3CCC3Cc3ccccc3)n2)ccc1F. The molecule has 28 heavy (non-hydrogen) atoms. The van der Waals surface area contributed by atoms with E-state index in [4.69, 9.17) is 4.52 Å². The normalized spacial score (nSPS) is 16.1. The Kier molecular flexibility index (Phi) is 5.19. The summed E-state index contributed by atoms with van der Waals surface area (Å²) in [4.78, 5) is 18.8. The van der Waals surface area contributed by atoms with Crippen molar-refractivity contribution in [1.82, 2.24) is 15.0 Å². The van der Waals surface area contributed by atoms with E-state index in [2.05, 4.69) is 22.3 Å². The highest BCUT2D eigenvalue weighted by Gasteiger charge is 2.31. The summed E-state index contributed by atoms with van der Waals surface area (Å²) in [5.41, 5.74) is 2.48. The van der Waals surface area contributed by atoms with Gasteiger partial charge in [-0.1, -0.05) is 35.5 Å². The first kappa shape index (κ1) is 18.3. The zero-order valence-electron chi connectivity index (χ0n) is 15.8. The summed E-state index contributed by atoms with van der Waals surface area (Å²) in [5, 5.41) is 3.95. The number of nitrogens with zero attached hydrogens (tertiary/aromatic N) is 3. The number of hydrogen-bond acceptors (Lipinski definition) is 4. The molecule has 1 fully saturated rings. The standard InChI is InChI=1S/C22H22FN3O2/c1-15-13-17(7-8-19(15)23)22-24-20(28-25-22)9-10-21(27)26-12-11-18(26)14-16-5-3-2-4-6-16/h2-8,13,18H,9-12,14H2,1H3. The van der Waals surface area contributed by atoms with Crippen molar-refractivity contribution in [2.24, 2.45) is 0 Å². The Morgan fingerprint density at radius 3 is 2.79 bits per heavy atom. The lowest BCUT2D eigenvalue weighted by atomic mass is 9.94. The molecule has 2 aromatic carbocycles. The highest BCUT2D eigenvalue weighted by atomic mass is 19.1. The van der Waals surface area contributed by atoms with Gasteiger partial charge >= 0.3 is 0 Å². The summed E-state index contributed by atoms with van der Waals surface area (Å²) in [7, 11) is 0. The van der Waals surface area contributed by atoms with E-state index in [1.807, 2.05) is 23.1 Å². The van der Waals surface area contributed by atoms with Crippen LogP contribution in [0.25, 0.3) is 11.4 Å². The summed E-state index contributed by atoms with van der Waals surface area (Å²) >= 11 is 0. The fourth-order valence-electron chi connectivity index (χ4n) is 3.48. The highest BCUT2D eigenvalue weighted by Crippen LogP contribution is 2.23. The summed E-state index contributed by atoms with van der Waals surface area (Å²) in [6.45, 7) is 2.50. The minimum Gasteiger partial charge on any atom is -0.339 e. The second-order valence-electron chi connectivity index (χ2n) is 7.20. The second-order valence-corrected chi connectivity index (χ2v) is 7.20. The van der Waals surface area contributed by atoms with Crippen molar-refractivity contribution < 1.29 is 13.7 Å². The number of amides is 1. The van der Waals surface area contributed by atoms with Gasteiger partial charge in [0.05, 0.1) is 0 Å². The number of carbonyl (C=O) groups is 1. The van der Waals surface area contributed by atoms with Crippen molar-refractivity contribution >= 4 is 5.91 Å². The van der Waals surface area contributed by atoms with Crippen molar-refractivity contribution in [3.05, 3.63) is 71.4 Å². The Balaban J connectivity index is 1.33. The Morgan fingerprint density at radius 2 is 2.07 bits per heavy atom. The summed E-state index contributed by atoms with van der Waals surface area (Å²) in [6.07, 6.45) is 2.67. The quantitative estimate of drug-likeness (QED) is 0.650. The van der Waals surface area contributed by atoms with Gasteiger partial charge in [0.25, 0.3) is 0 Å². The molecule has 0 radical (unpaired) electrons. The first-order chi connectivity index (χ1) is 13.6.